The lowest BCUT2D eigenvalue weighted by Crippen LogP contribution is -1.91. The zero-order valence-corrected chi connectivity index (χ0v) is 11.3. The highest BCUT2D eigenvalue weighted by Gasteiger charge is 2.11. The Bertz CT molecular complexity index is 967. The van der Waals surface area contributed by atoms with Gasteiger partial charge < -0.3 is 0 Å². The second-order valence-corrected chi connectivity index (χ2v) is 4.72. The highest BCUT2D eigenvalue weighted by molar-refractivity contribution is 5.83. The van der Waals surface area contributed by atoms with Crippen molar-refractivity contribution in [2.45, 2.75) is 0 Å². The van der Waals surface area contributed by atoms with Crippen LogP contribution < -0.4 is 0 Å². The van der Waals surface area contributed by atoms with Crippen LogP contribution in [0.4, 0.5) is 4.39 Å². The van der Waals surface area contributed by atoms with Gasteiger partial charge in [0.15, 0.2) is 0 Å². The van der Waals surface area contributed by atoms with Crippen molar-refractivity contribution < 1.29 is 9.02 Å². The number of nitrogens with zero attached hydrogens (tertiary/aromatic N) is 4. The van der Waals surface area contributed by atoms with Crippen LogP contribution in [0.1, 0.15) is 0 Å². The predicted octanol–water partition coefficient (Wildman–Crippen LogP) is 3.49. The van der Waals surface area contributed by atoms with Gasteiger partial charge in [-0.1, -0.05) is 36.4 Å². The summed E-state index contributed by atoms with van der Waals surface area (Å²) in [5.41, 5.74) is 3.80. The number of fused-ring (bicyclic) bond motifs is 1. The molecular formula is C16H9FN4O. The first-order valence-corrected chi connectivity index (χ1v) is 6.62. The number of benzene rings is 2. The van der Waals surface area contributed by atoms with Crippen LogP contribution in [0.5, 0.6) is 0 Å². The molecule has 0 amide bonds. The molecule has 106 valence electrons. The van der Waals surface area contributed by atoms with E-state index in [2.05, 4.69) is 24.9 Å². The van der Waals surface area contributed by atoms with Gasteiger partial charge in [-0.2, -0.15) is 0 Å². The molecule has 0 radical (unpaired) electrons. The van der Waals surface area contributed by atoms with Crippen LogP contribution in [0.15, 0.2) is 59.4 Å². The van der Waals surface area contributed by atoms with Gasteiger partial charge in [0.1, 0.15) is 5.82 Å². The second kappa shape index (κ2) is 5.00. The highest BCUT2D eigenvalue weighted by atomic mass is 19.1. The summed E-state index contributed by atoms with van der Waals surface area (Å²) in [4.78, 5) is 8.56. The van der Waals surface area contributed by atoms with E-state index in [1.807, 2.05) is 30.3 Å². The molecule has 0 fully saturated rings. The van der Waals surface area contributed by atoms with E-state index < -0.39 is 0 Å². The van der Waals surface area contributed by atoms with Gasteiger partial charge in [-0.25, -0.2) is 19.0 Å². The number of hydrogen-bond donors (Lipinski definition) is 0. The summed E-state index contributed by atoms with van der Waals surface area (Å²) in [5.74, 6) is -0.283. The monoisotopic (exact) mass is 292 g/mol. The fourth-order valence-electron chi connectivity index (χ4n) is 2.34. The molecule has 0 N–H and O–H groups in total. The first kappa shape index (κ1) is 12.6. The molecule has 0 saturated carbocycles. The van der Waals surface area contributed by atoms with Crippen molar-refractivity contribution in [3.63, 3.8) is 0 Å². The lowest BCUT2D eigenvalue weighted by atomic mass is 9.98. The van der Waals surface area contributed by atoms with Gasteiger partial charge in [0.2, 0.25) is 11.3 Å². The first-order valence-electron chi connectivity index (χ1n) is 6.62. The molecule has 0 aliphatic carbocycles. The van der Waals surface area contributed by atoms with Gasteiger partial charge in [-0.3, -0.25) is 0 Å². The molecule has 4 rings (SSSR count). The third-order valence-electron chi connectivity index (χ3n) is 3.33. The third-order valence-corrected chi connectivity index (χ3v) is 3.33. The number of aromatic nitrogens is 4. The molecule has 5 nitrogen and oxygen atoms in total. The van der Waals surface area contributed by atoms with E-state index in [-0.39, 0.29) is 5.82 Å². The third kappa shape index (κ3) is 2.10. The quantitative estimate of drug-likeness (QED) is 0.566. The SMILES string of the molecule is Fc1cccc(-c2ccccc2-c2cnc3nonc3n2)c1. The molecule has 22 heavy (non-hydrogen) atoms. The van der Waals surface area contributed by atoms with Crippen LogP contribution in [0, 0.1) is 5.82 Å². The molecule has 2 heterocycles. The summed E-state index contributed by atoms with van der Waals surface area (Å²) in [5, 5.41) is 7.34. The minimum Gasteiger partial charge on any atom is -0.240 e. The van der Waals surface area contributed by atoms with Gasteiger partial charge >= 0.3 is 0 Å². The second-order valence-electron chi connectivity index (χ2n) is 4.72. The Labute approximate surface area is 124 Å². The topological polar surface area (TPSA) is 64.7 Å². The summed E-state index contributed by atoms with van der Waals surface area (Å²) in [6.07, 6.45) is 1.60. The van der Waals surface area contributed by atoms with E-state index in [0.29, 0.717) is 17.0 Å². The maximum Gasteiger partial charge on any atom is 0.243 e. The van der Waals surface area contributed by atoms with Gasteiger partial charge in [0.25, 0.3) is 0 Å². The summed E-state index contributed by atoms with van der Waals surface area (Å²) in [7, 11) is 0. The van der Waals surface area contributed by atoms with E-state index in [9.17, 15) is 4.39 Å². The van der Waals surface area contributed by atoms with Crippen LogP contribution in [0.2, 0.25) is 0 Å². The maximum atomic E-state index is 13.5. The fraction of sp³-hybridized carbons (Fsp3) is 0. The Morgan fingerprint density at radius 3 is 2.55 bits per heavy atom. The summed E-state index contributed by atoms with van der Waals surface area (Å²) >= 11 is 0. The van der Waals surface area contributed by atoms with Crippen molar-refractivity contribution in [2.75, 3.05) is 0 Å². The van der Waals surface area contributed by atoms with Crippen LogP contribution in [0.25, 0.3) is 33.7 Å². The Kier molecular flexibility index (Phi) is 2.86. The molecule has 0 aliphatic heterocycles. The van der Waals surface area contributed by atoms with Crippen molar-refractivity contribution in [3.05, 3.63) is 60.5 Å². The minimum absolute atomic E-state index is 0.283. The van der Waals surface area contributed by atoms with Crippen molar-refractivity contribution in [3.8, 4) is 22.4 Å². The van der Waals surface area contributed by atoms with Crippen molar-refractivity contribution in [1.82, 2.24) is 20.3 Å². The Morgan fingerprint density at radius 1 is 0.864 bits per heavy atom. The number of halogens is 1. The smallest absolute Gasteiger partial charge is 0.240 e. The Balaban J connectivity index is 1.92. The van der Waals surface area contributed by atoms with Crippen LogP contribution in [-0.2, 0) is 0 Å². The number of hydrogen-bond acceptors (Lipinski definition) is 5. The maximum absolute atomic E-state index is 13.5. The van der Waals surface area contributed by atoms with E-state index in [1.165, 1.54) is 12.1 Å². The van der Waals surface area contributed by atoms with Crippen molar-refractivity contribution in [1.29, 1.82) is 0 Å². The van der Waals surface area contributed by atoms with Crippen LogP contribution in [-0.4, -0.2) is 20.3 Å². The normalized spacial score (nSPS) is 11.0. The average molecular weight is 292 g/mol. The fourth-order valence-corrected chi connectivity index (χ4v) is 2.34. The largest absolute Gasteiger partial charge is 0.243 e. The Hall–Kier alpha value is -3.15. The predicted molar refractivity (Wildman–Crippen MR) is 78.2 cm³/mol. The molecule has 2 aromatic heterocycles. The molecular weight excluding hydrogens is 283 g/mol. The number of rotatable bonds is 2. The zero-order valence-electron chi connectivity index (χ0n) is 11.3. The summed E-state index contributed by atoms with van der Waals surface area (Å²) in [6.45, 7) is 0. The zero-order chi connectivity index (χ0) is 14.9. The summed E-state index contributed by atoms with van der Waals surface area (Å²) in [6, 6.07) is 14.0. The van der Waals surface area contributed by atoms with E-state index in [4.69, 9.17) is 0 Å². The van der Waals surface area contributed by atoms with Gasteiger partial charge in [-0.15, -0.1) is 0 Å². The molecule has 0 atom stereocenters. The van der Waals surface area contributed by atoms with Gasteiger partial charge in [0.05, 0.1) is 11.9 Å². The molecule has 6 heteroatoms. The molecule has 2 aromatic carbocycles. The molecule has 4 aromatic rings. The van der Waals surface area contributed by atoms with E-state index >= 15 is 0 Å². The lowest BCUT2D eigenvalue weighted by Gasteiger charge is -2.08. The highest BCUT2D eigenvalue weighted by Crippen LogP contribution is 2.31. The van der Waals surface area contributed by atoms with Crippen LogP contribution in [0.3, 0.4) is 0 Å². The minimum atomic E-state index is -0.283. The van der Waals surface area contributed by atoms with Crippen LogP contribution >= 0.6 is 0 Å². The van der Waals surface area contributed by atoms with E-state index in [1.54, 1.807) is 12.3 Å². The van der Waals surface area contributed by atoms with Crippen molar-refractivity contribution in [2.24, 2.45) is 0 Å². The van der Waals surface area contributed by atoms with Crippen molar-refractivity contribution >= 4 is 11.3 Å². The molecule has 0 spiro atoms. The lowest BCUT2D eigenvalue weighted by molar-refractivity contribution is 0.314. The van der Waals surface area contributed by atoms with Gasteiger partial charge in [0, 0.05) is 5.56 Å². The van der Waals surface area contributed by atoms with Gasteiger partial charge in [-0.05, 0) is 33.6 Å². The Morgan fingerprint density at radius 2 is 1.68 bits per heavy atom. The van der Waals surface area contributed by atoms with E-state index in [0.717, 1.165) is 16.7 Å². The standard InChI is InChI=1S/C16H9FN4O/c17-11-5-3-4-10(8-11)12-6-1-2-7-13(12)14-9-18-15-16(19-14)21-22-20-15/h1-9H. The molecule has 0 bridgehead atoms. The molecule has 0 unspecified atom stereocenters. The molecule has 0 aliphatic rings. The summed E-state index contributed by atoms with van der Waals surface area (Å²) < 4.78 is 18.1. The molecule has 0 saturated heterocycles. The first-order chi connectivity index (χ1) is 10.8. The average Bonchev–Trinajstić information content (AvgIpc) is 3.02.